The fourth-order valence-electron chi connectivity index (χ4n) is 3.66. The summed E-state index contributed by atoms with van der Waals surface area (Å²) in [5.74, 6) is 1.55. The summed E-state index contributed by atoms with van der Waals surface area (Å²) >= 11 is 0. The first-order valence-electron chi connectivity index (χ1n) is 10.3. The van der Waals surface area contributed by atoms with Crippen LogP contribution in [-0.2, 0) is 11.3 Å². The molecule has 0 spiro atoms. The summed E-state index contributed by atoms with van der Waals surface area (Å²) in [5, 5.41) is 2.95. The lowest BCUT2D eigenvalue weighted by Crippen LogP contribution is -2.36. The lowest BCUT2D eigenvalue weighted by atomic mass is 10.1. The van der Waals surface area contributed by atoms with E-state index >= 15 is 0 Å². The average Bonchev–Trinajstić information content (AvgIpc) is 3.25. The molecule has 31 heavy (non-hydrogen) atoms. The Morgan fingerprint density at radius 2 is 2.13 bits per heavy atom. The molecule has 2 heterocycles. The van der Waals surface area contributed by atoms with Crippen molar-refractivity contribution in [3.8, 4) is 11.5 Å². The summed E-state index contributed by atoms with van der Waals surface area (Å²) in [5.41, 5.74) is 2.93. The molecule has 7 heteroatoms. The van der Waals surface area contributed by atoms with Gasteiger partial charge in [-0.3, -0.25) is 9.69 Å². The molecule has 0 saturated carbocycles. The van der Waals surface area contributed by atoms with Gasteiger partial charge in [0.05, 0.1) is 25.3 Å². The number of aromatic nitrogens is 2. The maximum Gasteiger partial charge on any atom is 0.244 e. The van der Waals surface area contributed by atoms with E-state index in [-0.39, 0.29) is 12.0 Å². The standard InChI is InChI=1S/C24H26N4O3/c1-30-22-9-5-3-7-20(22)23-16-28(15-18-6-2-4-8-21(18)31-23)13-12-26-24(29)11-10-19-14-25-17-27-19/h2-11,14,17,23H,12-13,15-16H2,1H3,(H,25,27)(H,26,29)/b11-10+/t23-/m1/s1. The van der Waals surface area contributed by atoms with Crippen molar-refractivity contribution < 1.29 is 14.3 Å². The molecule has 3 aromatic rings. The molecule has 1 aliphatic rings. The highest BCUT2D eigenvalue weighted by molar-refractivity contribution is 5.91. The van der Waals surface area contributed by atoms with Gasteiger partial charge in [-0.25, -0.2) is 4.98 Å². The SMILES string of the molecule is COc1ccccc1[C@H]1CN(CCNC(=O)/C=C/c2cnc[nH]2)Cc2ccccc2O1. The Labute approximate surface area is 181 Å². The van der Waals surface area contributed by atoms with E-state index in [1.165, 1.54) is 6.08 Å². The smallest absolute Gasteiger partial charge is 0.244 e. The zero-order chi connectivity index (χ0) is 21.5. The van der Waals surface area contributed by atoms with Gasteiger partial charge in [-0.05, 0) is 18.2 Å². The molecule has 1 atom stereocenters. The van der Waals surface area contributed by atoms with Gasteiger partial charge in [0.1, 0.15) is 17.6 Å². The second kappa shape index (κ2) is 9.95. The number of amides is 1. The van der Waals surface area contributed by atoms with Crippen LogP contribution in [0.1, 0.15) is 22.9 Å². The van der Waals surface area contributed by atoms with Crippen molar-refractivity contribution >= 4 is 12.0 Å². The molecule has 0 saturated heterocycles. The number of para-hydroxylation sites is 2. The van der Waals surface area contributed by atoms with E-state index in [9.17, 15) is 4.79 Å². The molecule has 0 bridgehead atoms. The number of hydrogen-bond acceptors (Lipinski definition) is 5. The number of aromatic amines is 1. The number of carbonyl (C=O) groups is 1. The minimum absolute atomic E-state index is 0.137. The Morgan fingerprint density at radius 1 is 1.29 bits per heavy atom. The number of rotatable bonds is 7. The Hall–Kier alpha value is -3.58. The van der Waals surface area contributed by atoms with Crippen LogP contribution in [0.5, 0.6) is 11.5 Å². The fourth-order valence-corrected chi connectivity index (χ4v) is 3.66. The third-order valence-electron chi connectivity index (χ3n) is 5.21. The largest absolute Gasteiger partial charge is 0.496 e. The third-order valence-corrected chi connectivity index (χ3v) is 5.21. The molecule has 2 aromatic carbocycles. The monoisotopic (exact) mass is 418 g/mol. The van der Waals surface area contributed by atoms with Gasteiger partial charge in [-0.1, -0.05) is 36.4 Å². The summed E-state index contributed by atoms with van der Waals surface area (Å²) < 4.78 is 12.0. The Balaban J connectivity index is 1.43. The highest BCUT2D eigenvalue weighted by Gasteiger charge is 2.26. The molecule has 1 aromatic heterocycles. The molecule has 0 aliphatic carbocycles. The number of H-pyrrole nitrogens is 1. The van der Waals surface area contributed by atoms with Gasteiger partial charge in [0.2, 0.25) is 5.91 Å². The van der Waals surface area contributed by atoms with E-state index < -0.39 is 0 Å². The average molecular weight is 418 g/mol. The van der Waals surface area contributed by atoms with Crippen LogP contribution in [0.25, 0.3) is 6.08 Å². The van der Waals surface area contributed by atoms with E-state index in [2.05, 4.69) is 26.3 Å². The zero-order valence-corrected chi connectivity index (χ0v) is 17.5. The van der Waals surface area contributed by atoms with Crippen LogP contribution in [0.3, 0.4) is 0 Å². The number of nitrogens with one attached hydrogen (secondary N) is 2. The predicted molar refractivity (Wildman–Crippen MR) is 119 cm³/mol. The topological polar surface area (TPSA) is 79.5 Å². The molecule has 0 radical (unpaired) electrons. The lowest BCUT2D eigenvalue weighted by molar-refractivity contribution is -0.116. The lowest BCUT2D eigenvalue weighted by Gasteiger charge is -2.25. The molecule has 1 aliphatic heterocycles. The van der Waals surface area contributed by atoms with Gasteiger partial charge < -0.3 is 19.8 Å². The van der Waals surface area contributed by atoms with Gasteiger partial charge in [0.15, 0.2) is 0 Å². The summed E-state index contributed by atoms with van der Waals surface area (Å²) in [7, 11) is 1.67. The van der Waals surface area contributed by atoms with Gasteiger partial charge in [0, 0.05) is 43.4 Å². The molecular weight excluding hydrogens is 392 g/mol. The van der Waals surface area contributed by atoms with Crippen LogP contribution in [0, 0.1) is 0 Å². The minimum atomic E-state index is -0.171. The predicted octanol–water partition coefficient (Wildman–Crippen LogP) is 3.18. The number of ether oxygens (including phenoxy) is 2. The fraction of sp³-hybridized carbons (Fsp3) is 0.250. The Kier molecular flexibility index (Phi) is 6.64. The first-order chi connectivity index (χ1) is 15.2. The van der Waals surface area contributed by atoms with Crippen molar-refractivity contribution in [3.63, 3.8) is 0 Å². The zero-order valence-electron chi connectivity index (χ0n) is 17.5. The van der Waals surface area contributed by atoms with Crippen LogP contribution in [0.4, 0.5) is 0 Å². The molecule has 1 amide bonds. The van der Waals surface area contributed by atoms with Gasteiger partial charge >= 0.3 is 0 Å². The number of imidazole rings is 1. The quantitative estimate of drug-likeness (QED) is 0.576. The van der Waals surface area contributed by atoms with E-state index in [0.717, 1.165) is 34.9 Å². The molecule has 7 nitrogen and oxygen atoms in total. The highest BCUT2D eigenvalue weighted by Crippen LogP contribution is 2.34. The Morgan fingerprint density at radius 3 is 2.97 bits per heavy atom. The van der Waals surface area contributed by atoms with Crippen LogP contribution < -0.4 is 14.8 Å². The molecule has 0 unspecified atom stereocenters. The van der Waals surface area contributed by atoms with Gasteiger partial charge in [0.25, 0.3) is 0 Å². The highest BCUT2D eigenvalue weighted by atomic mass is 16.5. The van der Waals surface area contributed by atoms with Crippen molar-refractivity contribution in [2.45, 2.75) is 12.6 Å². The van der Waals surface area contributed by atoms with E-state index in [4.69, 9.17) is 9.47 Å². The van der Waals surface area contributed by atoms with Crippen molar-refractivity contribution in [1.82, 2.24) is 20.2 Å². The van der Waals surface area contributed by atoms with Crippen molar-refractivity contribution in [1.29, 1.82) is 0 Å². The van der Waals surface area contributed by atoms with Crippen molar-refractivity contribution in [3.05, 3.63) is 84.0 Å². The van der Waals surface area contributed by atoms with Crippen molar-refractivity contribution in [2.75, 3.05) is 26.7 Å². The first kappa shape index (κ1) is 20.7. The normalized spacial score (nSPS) is 16.4. The van der Waals surface area contributed by atoms with E-state index in [1.807, 2.05) is 42.5 Å². The number of carbonyl (C=O) groups excluding carboxylic acids is 1. The number of nitrogens with zero attached hydrogens (tertiary/aromatic N) is 2. The van der Waals surface area contributed by atoms with Crippen LogP contribution in [-0.4, -0.2) is 47.5 Å². The second-order valence-electron chi connectivity index (χ2n) is 7.32. The maximum absolute atomic E-state index is 12.1. The third kappa shape index (κ3) is 5.32. The van der Waals surface area contributed by atoms with Crippen LogP contribution >= 0.6 is 0 Å². The van der Waals surface area contributed by atoms with E-state index in [0.29, 0.717) is 19.6 Å². The summed E-state index contributed by atoms with van der Waals surface area (Å²) in [6.07, 6.45) is 6.28. The molecule has 160 valence electrons. The van der Waals surface area contributed by atoms with Gasteiger partial charge in [-0.2, -0.15) is 0 Å². The van der Waals surface area contributed by atoms with Gasteiger partial charge in [-0.15, -0.1) is 0 Å². The summed E-state index contributed by atoms with van der Waals surface area (Å²) in [6.45, 7) is 2.68. The number of hydrogen-bond donors (Lipinski definition) is 2. The second-order valence-corrected chi connectivity index (χ2v) is 7.32. The summed E-state index contributed by atoms with van der Waals surface area (Å²) in [4.78, 5) is 21.3. The Bertz CT molecular complexity index is 1030. The molecular formula is C24H26N4O3. The molecule has 0 fully saturated rings. The number of benzene rings is 2. The maximum atomic E-state index is 12.1. The number of fused-ring (bicyclic) bond motifs is 1. The molecule has 2 N–H and O–H groups in total. The number of methoxy groups -OCH3 is 1. The van der Waals surface area contributed by atoms with Crippen molar-refractivity contribution in [2.24, 2.45) is 0 Å². The minimum Gasteiger partial charge on any atom is -0.496 e. The van der Waals surface area contributed by atoms with E-state index in [1.54, 1.807) is 25.7 Å². The summed E-state index contributed by atoms with van der Waals surface area (Å²) in [6, 6.07) is 16.0. The molecule has 4 rings (SSSR count). The van der Waals surface area contributed by atoms with Crippen LogP contribution in [0.15, 0.2) is 67.1 Å². The first-order valence-corrected chi connectivity index (χ1v) is 10.3. The van der Waals surface area contributed by atoms with Crippen LogP contribution in [0.2, 0.25) is 0 Å².